The fraction of sp³-hybridized carbons (Fsp3) is 0.455. The summed E-state index contributed by atoms with van der Waals surface area (Å²) < 4.78 is 12.3. The maximum atomic E-state index is 6.15. The second-order valence-corrected chi connectivity index (χ2v) is 7.24. The van der Waals surface area contributed by atoms with Crippen LogP contribution in [0, 0.1) is 27.7 Å². The molecule has 0 aliphatic carbocycles. The zero-order valence-electron chi connectivity index (χ0n) is 16.3. The molecule has 2 rings (SSSR count). The van der Waals surface area contributed by atoms with E-state index >= 15 is 0 Å². The third-order valence-electron chi connectivity index (χ3n) is 3.86. The minimum Gasteiger partial charge on any atom is -0.490 e. The van der Waals surface area contributed by atoms with Gasteiger partial charge in [-0.3, -0.25) is 0 Å². The highest BCUT2D eigenvalue weighted by Gasteiger charge is 2.19. The van der Waals surface area contributed by atoms with Gasteiger partial charge >= 0.3 is 0 Å². The second kappa shape index (κ2) is 7.29. The van der Waals surface area contributed by atoms with E-state index < -0.39 is 0 Å². The lowest BCUT2D eigenvalue weighted by Crippen LogP contribution is -2.10. The van der Waals surface area contributed by atoms with Gasteiger partial charge in [-0.15, -0.1) is 0 Å². The van der Waals surface area contributed by atoms with Gasteiger partial charge in [0.2, 0.25) is 0 Å². The third-order valence-corrected chi connectivity index (χ3v) is 3.86. The van der Waals surface area contributed by atoms with E-state index in [-0.39, 0.29) is 12.2 Å². The fourth-order valence-electron chi connectivity index (χ4n) is 3.19. The molecule has 0 aliphatic heterocycles. The summed E-state index contributed by atoms with van der Waals surface area (Å²) in [6.45, 7) is 16.8. The summed E-state index contributed by atoms with van der Waals surface area (Å²) in [5.74, 6) is 1.87. The quantitative estimate of drug-likeness (QED) is 0.655. The first-order valence-electron chi connectivity index (χ1n) is 8.75. The molecule has 0 saturated carbocycles. The number of rotatable bonds is 5. The normalized spacial score (nSPS) is 11.2. The molecule has 2 aromatic rings. The van der Waals surface area contributed by atoms with Crippen molar-refractivity contribution in [3.8, 4) is 22.6 Å². The molecule has 24 heavy (non-hydrogen) atoms. The minimum atomic E-state index is 0.130. The van der Waals surface area contributed by atoms with Crippen LogP contribution in [0.3, 0.4) is 0 Å². The van der Waals surface area contributed by atoms with Crippen LogP contribution in [-0.2, 0) is 0 Å². The Balaban J connectivity index is 2.75. The molecule has 0 atom stereocenters. The molecule has 0 amide bonds. The van der Waals surface area contributed by atoms with Crippen molar-refractivity contribution in [1.29, 1.82) is 0 Å². The lowest BCUT2D eigenvalue weighted by atomic mass is 9.92. The van der Waals surface area contributed by atoms with Gasteiger partial charge in [-0.1, -0.05) is 12.1 Å². The number of hydrogen-bond acceptors (Lipinski definition) is 2. The van der Waals surface area contributed by atoms with Gasteiger partial charge in [0.05, 0.1) is 12.2 Å². The number of aryl methyl sites for hydroxylation is 4. The molecule has 0 aromatic heterocycles. The van der Waals surface area contributed by atoms with Gasteiger partial charge in [0.1, 0.15) is 11.5 Å². The van der Waals surface area contributed by atoms with Crippen molar-refractivity contribution in [1.82, 2.24) is 0 Å². The van der Waals surface area contributed by atoms with Crippen LogP contribution < -0.4 is 9.47 Å². The lowest BCUT2D eigenvalue weighted by Gasteiger charge is -2.22. The summed E-state index contributed by atoms with van der Waals surface area (Å²) in [5.41, 5.74) is 7.13. The van der Waals surface area contributed by atoms with Crippen molar-refractivity contribution in [3.05, 3.63) is 46.5 Å². The molecule has 0 bridgehead atoms. The Labute approximate surface area is 146 Å². The first-order chi connectivity index (χ1) is 11.2. The van der Waals surface area contributed by atoms with E-state index in [1.54, 1.807) is 0 Å². The molecule has 0 heterocycles. The van der Waals surface area contributed by atoms with Crippen molar-refractivity contribution in [2.45, 2.75) is 67.6 Å². The standard InChI is InChI=1S/C22H30O2/c1-13(2)23-19-11-15(5)9-17(7)21(19)22-18(8)10-16(6)12-20(22)24-14(3)4/h9-14H,1-8H3. The van der Waals surface area contributed by atoms with Crippen molar-refractivity contribution in [2.24, 2.45) is 0 Å². The molecule has 0 radical (unpaired) electrons. The molecule has 0 fully saturated rings. The topological polar surface area (TPSA) is 18.5 Å². The molecule has 0 unspecified atom stereocenters. The molecular formula is C22H30O2. The van der Waals surface area contributed by atoms with Gasteiger partial charge in [-0.05, 0) is 89.8 Å². The molecule has 2 heteroatoms. The van der Waals surface area contributed by atoms with E-state index in [9.17, 15) is 0 Å². The average molecular weight is 326 g/mol. The van der Waals surface area contributed by atoms with E-state index in [4.69, 9.17) is 9.47 Å². The Morgan fingerprint density at radius 2 is 0.917 bits per heavy atom. The summed E-state index contributed by atoms with van der Waals surface area (Å²) >= 11 is 0. The van der Waals surface area contributed by atoms with Crippen LogP contribution in [0.15, 0.2) is 24.3 Å². The second-order valence-electron chi connectivity index (χ2n) is 7.24. The third kappa shape index (κ3) is 4.11. The van der Waals surface area contributed by atoms with E-state index in [1.165, 1.54) is 22.3 Å². The van der Waals surface area contributed by atoms with E-state index in [0.29, 0.717) is 0 Å². The Morgan fingerprint density at radius 1 is 0.583 bits per heavy atom. The van der Waals surface area contributed by atoms with Crippen molar-refractivity contribution >= 4 is 0 Å². The predicted molar refractivity (Wildman–Crippen MR) is 102 cm³/mol. The Hall–Kier alpha value is -1.96. The van der Waals surface area contributed by atoms with Crippen LogP contribution in [0.5, 0.6) is 11.5 Å². The smallest absolute Gasteiger partial charge is 0.128 e. The zero-order valence-corrected chi connectivity index (χ0v) is 16.3. The first-order valence-corrected chi connectivity index (χ1v) is 8.75. The lowest BCUT2D eigenvalue weighted by molar-refractivity contribution is 0.239. The highest BCUT2D eigenvalue weighted by molar-refractivity contribution is 5.82. The molecule has 130 valence electrons. The molecule has 2 nitrogen and oxygen atoms in total. The summed E-state index contributed by atoms with van der Waals surface area (Å²) in [6, 6.07) is 8.67. The number of ether oxygens (including phenoxy) is 2. The van der Waals surface area contributed by atoms with Gasteiger partial charge < -0.3 is 9.47 Å². The highest BCUT2D eigenvalue weighted by atomic mass is 16.5. The summed E-state index contributed by atoms with van der Waals surface area (Å²) in [4.78, 5) is 0. The highest BCUT2D eigenvalue weighted by Crippen LogP contribution is 2.43. The van der Waals surface area contributed by atoms with Crippen LogP contribution in [0.25, 0.3) is 11.1 Å². The molecule has 0 saturated heterocycles. The average Bonchev–Trinajstić information content (AvgIpc) is 2.38. The Bertz CT molecular complexity index is 664. The van der Waals surface area contributed by atoms with E-state index in [2.05, 4.69) is 79.7 Å². The van der Waals surface area contributed by atoms with Crippen molar-refractivity contribution in [2.75, 3.05) is 0 Å². The fourth-order valence-corrected chi connectivity index (χ4v) is 3.19. The Morgan fingerprint density at radius 3 is 1.21 bits per heavy atom. The van der Waals surface area contributed by atoms with Gasteiger partial charge in [0.25, 0.3) is 0 Å². The SMILES string of the molecule is Cc1cc(C)c(-c2c(C)cc(C)cc2OC(C)C)c(OC(C)C)c1. The summed E-state index contributed by atoms with van der Waals surface area (Å²) in [6.07, 6.45) is 0.260. The molecular weight excluding hydrogens is 296 g/mol. The Kier molecular flexibility index (Phi) is 5.58. The van der Waals surface area contributed by atoms with Gasteiger partial charge in [-0.2, -0.15) is 0 Å². The number of hydrogen-bond donors (Lipinski definition) is 0. The maximum Gasteiger partial charge on any atom is 0.128 e. The summed E-state index contributed by atoms with van der Waals surface area (Å²) in [7, 11) is 0. The van der Waals surface area contributed by atoms with E-state index in [1.807, 2.05) is 0 Å². The van der Waals surface area contributed by atoms with Gasteiger partial charge in [0, 0.05) is 11.1 Å². The summed E-state index contributed by atoms with van der Waals surface area (Å²) in [5, 5.41) is 0. The predicted octanol–water partition coefficient (Wildman–Crippen LogP) is 6.16. The minimum absolute atomic E-state index is 0.130. The number of benzene rings is 2. The monoisotopic (exact) mass is 326 g/mol. The molecule has 0 N–H and O–H groups in total. The maximum absolute atomic E-state index is 6.15. The first kappa shape index (κ1) is 18.4. The zero-order chi connectivity index (χ0) is 18.0. The largest absolute Gasteiger partial charge is 0.490 e. The van der Waals surface area contributed by atoms with Crippen molar-refractivity contribution in [3.63, 3.8) is 0 Å². The van der Waals surface area contributed by atoms with Gasteiger partial charge in [-0.25, -0.2) is 0 Å². The van der Waals surface area contributed by atoms with Crippen LogP contribution in [-0.4, -0.2) is 12.2 Å². The van der Waals surface area contributed by atoms with Crippen LogP contribution >= 0.6 is 0 Å². The van der Waals surface area contributed by atoms with Crippen LogP contribution in [0.1, 0.15) is 49.9 Å². The van der Waals surface area contributed by atoms with E-state index in [0.717, 1.165) is 22.6 Å². The van der Waals surface area contributed by atoms with Gasteiger partial charge in [0.15, 0.2) is 0 Å². The van der Waals surface area contributed by atoms with Crippen molar-refractivity contribution < 1.29 is 9.47 Å². The molecule has 0 aliphatic rings. The van der Waals surface area contributed by atoms with Crippen LogP contribution in [0.4, 0.5) is 0 Å². The molecule has 0 spiro atoms. The molecule has 2 aromatic carbocycles. The van der Waals surface area contributed by atoms with Crippen LogP contribution in [0.2, 0.25) is 0 Å².